The molecule has 3 aromatic rings. The van der Waals surface area contributed by atoms with Gasteiger partial charge in [0, 0.05) is 44.4 Å². The second-order valence-corrected chi connectivity index (χ2v) is 8.49. The molecule has 2 amide bonds. The molecule has 0 spiro atoms. The van der Waals surface area contributed by atoms with E-state index in [2.05, 4.69) is 15.3 Å². The van der Waals surface area contributed by atoms with Crippen LogP contribution in [-0.2, 0) is 22.6 Å². The van der Waals surface area contributed by atoms with E-state index in [1.54, 1.807) is 52.2 Å². The summed E-state index contributed by atoms with van der Waals surface area (Å²) in [4.78, 5) is 29.7. The van der Waals surface area contributed by atoms with Crippen molar-refractivity contribution in [3.63, 3.8) is 0 Å². The normalized spacial score (nSPS) is 21.1. The number of aromatic hydroxyl groups is 1. The van der Waals surface area contributed by atoms with E-state index in [0.717, 1.165) is 11.1 Å². The van der Waals surface area contributed by atoms with E-state index in [1.807, 2.05) is 6.20 Å². The monoisotopic (exact) mass is 449 g/mol. The molecule has 8 nitrogen and oxygen atoms in total. The molecule has 33 heavy (non-hydrogen) atoms. The first kappa shape index (κ1) is 21.1. The van der Waals surface area contributed by atoms with Crippen molar-refractivity contribution in [1.82, 2.24) is 24.9 Å². The summed E-state index contributed by atoms with van der Waals surface area (Å²) < 4.78 is 15.1. The first-order chi connectivity index (χ1) is 16.0. The summed E-state index contributed by atoms with van der Waals surface area (Å²) >= 11 is 0. The average Bonchev–Trinajstić information content (AvgIpc) is 3.27. The van der Waals surface area contributed by atoms with Gasteiger partial charge in [-0.15, -0.1) is 0 Å². The maximum atomic E-state index is 13.5. The van der Waals surface area contributed by atoms with E-state index < -0.39 is 12.1 Å². The molecule has 0 unspecified atom stereocenters. The van der Waals surface area contributed by atoms with Crippen molar-refractivity contribution in [1.29, 1.82) is 0 Å². The Hall–Kier alpha value is -3.72. The van der Waals surface area contributed by atoms with Gasteiger partial charge in [0.1, 0.15) is 23.7 Å². The number of amides is 2. The molecule has 0 radical (unpaired) electrons. The van der Waals surface area contributed by atoms with Crippen LogP contribution in [0.2, 0.25) is 0 Å². The standard InChI is InChI=1S/C24H24FN5O3/c25-18-2-1-3-19(11-18)30-14-17(12-26-30)13-28-8-9-29-22(15-28)23(32)27-21(24(29)33)10-16-4-6-20(31)7-5-16/h1-7,11-12,14,21-22,31H,8-10,13,15H2,(H,27,32)/t21-,22+/m0/s1. The number of rotatable bonds is 5. The Morgan fingerprint density at radius 3 is 2.70 bits per heavy atom. The highest BCUT2D eigenvalue weighted by Crippen LogP contribution is 2.21. The van der Waals surface area contributed by atoms with Crippen molar-refractivity contribution in [2.24, 2.45) is 0 Å². The fourth-order valence-corrected chi connectivity index (χ4v) is 4.47. The number of hydrogen-bond acceptors (Lipinski definition) is 5. The summed E-state index contributed by atoms with van der Waals surface area (Å²) in [6.45, 7) is 2.14. The minimum atomic E-state index is -0.602. The van der Waals surface area contributed by atoms with Crippen LogP contribution in [0.5, 0.6) is 5.75 Å². The van der Waals surface area contributed by atoms with Gasteiger partial charge in [-0.1, -0.05) is 18.2 Å². The number of fused-ring (bicyclic) bond motifs is 1. The van der Waals surface area contributed by atoms with Crippen LogP contribution in [0.15, 0.2) is 60.9 Å². The van der Waals surface area contributed by atoms with Crippen molar-refractivity contribution in [3.8, 4) is 11.4 Å². The number of aromatic nitrogens is 2. The number of piperazine rings is 2. The lowest BCUT2D eigenvalue weighted by Gasteiger charge is -2.45. The Labute approximate surface area is 190 Å². The molecular weight excluding hydrogens is 425 g/mol. The zero-order valence-corrected chi connectivity index (χ0v) is 17.9. The second kappa shape index (κ2) is 8.67. The smallest absolute Gasteiger partial charge is 0.246 e. The molecule has 2 aromatic carbocycles. The van der Waals surface area contributed by atoms with E-state index in [-0.39, 0.29) is 23.4 Å². The molecule has 3 heterocycles. The van der Waals surface area contributed by atoms with Crippen LogP contribution < -0.4 is 5.32 Å². The van der Waals surface area contributed by atoms with Crippen LogP contribution in [0.3, 0.4) is 0 Å². The summed E-state index contributed by atoms with van der Waals surface area (Å²) in [6.07, 6.45) is 3.97. The SMILES string of the molecule is O=C1N[C@@H](Cc2ccc(O)cc2)C(=O)N2CCN(Cc3cnn(-c4cccc(F)c4)c3)C[C@H]12. The highest BCUT2D eigenvalue weighted by Gasteiger charge is 2.43. The molecular formula is C24H24FN5O3. The fourth-order valence-electron chi connectivity index (χ4n) is 4.47. The molecule has 2 fully saturated rings. The van der Waals surface area contributed by atoms with E-state index in [9.17, 15) is 19.1 Å². The Morgan fingerprint density at radius 2 is 1.91 bits per heavy atom. The predicted molar refractivity (Wildman–Crippen MR) is 118 cm³/mol. The topological polar surface area (TPSA) is 90.7 Å². The number of carbonyl (C=O) groups excluding carboxylic acids is 2. The largest absolute Gasteiger partial charge is 0.508 e. The average molecular weight is 449 g/mol. The predicted octanol–water partition coefficient (Wildman–Crippen LogP) is 1.47. The van der Waals surface area contributed by atoms with Crippen LogP contribution in [0.4, 0.5) is 4.39 Å². The van der Waals surface area contributed by atoms with Crippen LogP contribution in [0, 0.1) is 5.82 Å². The Kier molecular flexibility index (Phi) is 5.55. The summed E-state index contributed by atoms with van der Waals surface area (Å²) in [5.74, 6) is -0.391. The molecule has 0 aliphatic carbocycles. The lowest BCUT2D eigenvalue weighted by molar-refractivity contribution is -0.153. The molecule has 5 rings (SSSR count). The zero-order valence-electron chi connectivity index (χ0n) is 17.9. The van der Waals surface area contributed by atoms with Crippen LogP contribution >= 0.6 is 0 Å². The molecule has 2 N–H and O–H groups in total. The minimum Gasteiger partial charge on any atom is -0.508 e. The molecule has 170 valence electrons. The van der Waals surface area contributed by atoms with Crippen LogP contribution in [-0.4, -0.2) is 68.2 Å². The number of nitrogens with one attached hydrogen (secondary N) is 1. The highest BCUT2D eigenvalue weighted by molar-refractivity contribution is 5.97. The minimum absolute atomic E-state index is 0.0775. The Morgan fingerprint density at radius 1 is 1.09 bits per heavy atom. The maximum Gasteiger partial charge on any atom is 0.246 e. The van der Waals surface area contributed by atoms with Gasteiger partial charge in [0.2, 0.25) is 11.8 Å². The third-order valence-electron chi connectivity index (χ3n) is 6.16. The van der Waals surface area contributed by atoms with E-state index in [0.29, 0.717) is 38.3 Å². The van der Waals surface area contributed by atoms with Crippen molar-refractivity contribution < 1.29 is 19.1 Å². The van der Waals surface area contributed by atoms with Gasteiger partial charge in [-0.25, -0.2) is 9.07 Å². The molecule has 2 aliphatic rings. The molecule has 2 atom stereocenters. The molecule has 9 heteroatoms. The van der Waals surface area contributed by atoms with Gasteiger partial charge in [0.05, 0.1) is 11.9 Å². The van der Waals surface area contributed by atoms with Gasteiger partial charge in [-0.05, 0) is 35.9 Å². The number of benzene rings is 2. The first-order valence-electron chi connectivity index (χ1n) is 10.9. The van der Waals surface area contributed by atoms with Crippen molar-refractivity contribution in [2.45, 2.75) is 25.0 Å². The van der Waals surface area contributed by atoms with Crippen LogP contribution in [0.1, 0.15) is 11.1 Å². The second-order valence-electron chi connectivity index (χ2n) is 8.49. The van der Waals surface area contributed by atoms with Crippen molar-refractivity contribution in [3.05, 3.63) is 77.9 Å². The van der Waals surface area contributed by atoms with Gasteiger partial charge < -0.3 is 15.3 Å². The Bertz CT molecular complexity index is 1180. The summed E-state index contributed by atoms with van der Waals surface area (Å²) in [5, 5.41) is 16.6. The lowest BCUT2D eigenvalue weighted by atomic mass is 9.98. The number of hydrogen-bond donors (Lipinski definition) is 2. The number of halogens is 1. The highest BCUT2D eigenvalue weighted by atomic mass is 19.1. The van der Waals surface area contributed by atoms with E-state index in [1.165, 1.54) is 12.1 Å². The summed E-state index contributed by atoms with van der Waals surface area (Å²) in [7, 11) is 0. The lowest BCUT2D eigenvalue weighted by Crippen LogP contribution is -2.69. The van der Waals surface area contributed by atoms with Gasteiger partial charge in [-0.2, -0.15) is 5.10 Å². The zero-order chi connectivity index (χ0) is 22.9. The molecule has 2 saturated heterocycles. The summed E-state index contributed by atoms with van der Waals surface area (Å²) in [5.41, 5.74) is 2.46. The number of carbonyl (C=O) groups is 2. The van der Waals surface area contributed by atoms with Gasteiger partial charge >= 0.3 is 0 Å². The third-order valence-corrected chi connectivity index (χ3v) is 6.16. The number of nitrogens with zero attached hydrogens (tertiary/aromatic N) is 4. The van der Waals surface area contributed by atoms with Crippen LogP contribution in [0.25, 0.3) is 5.69 Å². The third kappa shape index (κ3) is 4.45. The van der Waals surface area contributed by atoms with E-state index in [4.69, 9.17) is 0 Å². The fraction of sp³-hybridized carbons (Fsp3) is 0.292. The quantitative estimate of drug-likeness (QED) is 0.616. The van der Waals surface area contributed by atoms with Crippen molar-refractivity contribution in [2.75, 3.05) is 19.6 Å². The van der Waals surface area contributed by atoms with Gasteiger partial charge in [-0.3, -0.25) is 14.5 Å². The molecule has 1 aromatic heterocycles. The van der Waals surface area contributed by atoms with Gasteiger partial charge in [0.25, 0.3) is 0 Å². The number of phenolic OH excluding ortho intramolecular Hbond substituents is 1. The Balaban J connectivity index is 1.22. The van der Waals surface area contributed by atoms with Crippen molar-refractivity contribution >= 4 is 11.8 Å². The molecule has 2 aliphatic heterocycles. The van der Waals surface area contributed by atoms with Gasteiger partial charge in [0.15, 0.2) is 0 Å². The molecule has 0 bridgehead atoms. The van der Waals surface area contributed by atoms with E-state index >= 15 is 0 Å². The first-order valence-corrected chi connectivity index (χ1v) is 10.9. The summed E-state index contributed by atoms with van der Waals surface area (Å²) in [6, 6.07) is 11.7. The molecule has 0 saturated carbocycles. The number of phenols is 1. The maximum absolute atomic E-state index is 13.5.